The van der Waals surface area contributed by atoms with E-state index in [0.29, 0.717) is 28.9 Å². The number of hydrogen-bond acceptors (Lipinski definition) is 5. The maximum atomic E-state index is 14.3. The second kappa shape index (κ2) is 9.61. The molecule has 0 spiro atoms. The van der Waals surface area contributed by atoms with Gasteiger partial charge >= 0.3 is 6.03 Å². The van der Waals surface area contributed by atoms with Crippen molar-refractivity contribution in [1.82, 2.24) is 20.4 Å². The monoisotopic (exact) mass is 488 g/mol. The molecule has 2 amide bonds. The summed E-state index contributed by atoms with van der Waals surface area (Å²) >= 11 is 0. The number of allylic oxidation sites excluding steroid dienone is 1. The molecule has 1 atom stereocenters. The van der Waals surface area contributed by atoms with E-state index >= 15 is 0 Å². The SMILES string of the molecule is COc1ccc(-c2noc(C3=C(C)N(Cc4ccccc4)C(=O)NC3c3cccc(F)c3)n2)cc1F. The molecule has 1 aliphatic rings. The van der Waals surface area contributed by atoms with Gasteiger partial charge < -0.3 is 14.6 Å². The van der Waals surface area contributed by atoms with Gasteiger partial charge in [0, 0.05) is 11.3 Å². The molecule has 1 aromatic heterocycles. The molecule has 36 heavy (non-hydrogen) atoms. The largest absolute Gasteiger partial charge is 0.494 e. The Morgan fingerprint density at radius 3 is 2.58 bits per heavy atom. The molecule has 1 unspecified atom stereocenters. The summed E-state index contributed by atoms with van der Waals surface area (Å²) in [5.41, 5.74) is 2.93. The third-order valence-corrected chi connectivity index (χ3v) is 6.03. The summed E-state index contributed by atoms with van der Waals surface area (Å²) in [6.07, 6.45) is 0. The fourth-order valence-corrected chi connectivity index (χ4v) is 4.21. The van der Waals surface area contributed by atoms with Crippen molar-refractivity contribution in [1.29, 1.82) is 0 Å². The minimum Gasteiger partial charge on any atom is -0.494 e. The molecule has 0 saturated carbocycles. The van der Waals surface area contributed by atoms with Crippen LogP contribution in [0.2, 0.25) is 0 Å². The van der Waals surface area contributed by atoms with E-state index in [9.17, 15) is 13.6 Å². The number of halogens is 2. The Balaban J connectivity index is 1.59. The van der Waals surface area contributed by atoms with Crippen LogP contribution >= 0.6 is 0 Å². The summed E-state index contributed by atoms with van der Waals surface area (Å²) in [7, 11) is 1.38. The van der Waals surface area contributed by atoms with Crippen molar-refractivity contribution in [3.63, 3.8) is 0 Å². The highest BCUT2D eigenvalue weighted by Gasteiger charge is 2.36. The van der Waals surface area contributed by atoms with Gasteiger partial charge in [-0.3, -0.25) is 4.90 Å². The van der Waals surface area contributed by atoms with Crippen LogP contribution in [0.25, 0.3) is 17.0 Å². The van der Waals surface area contributed by atoms with Gasteiger partial charge in [0.15, 0.2) is 11.6 Å². The highest BCUT2D eigenvalue weighted by Crippen LogP contribution is 2.38. The van der Waals surface area contributed by atoms with Crippen molar-refractivity contribution in [2.24, 2.45) is 0 Å². The molecule has 0 fully saturated rings. The van der Waals surface area contributed by atoms with E-state index in [1.54, 1.807) is 30.0 Å². The summed E-state index contributed by atoms with van der Waals surface area (Å²) in [5, 5.41) is 6.97. The van der Waals surface area contributed by atoms with Crippen LogP contribution in [0, 0.1) is 11.6 Å². The van der Waals surface area contributed by atoms with Gasteiger partial charge in [-0.1, -0.05) is 47.6 Å². The molecule has 5 rings (SSSR count). The molecule has 4 aromatic rings. The maximum absolute atomic E-state index is 14.3. The quantitative estimate of drug-likeness (QED) is 0.375. The van der Waals surface area contributed by atoms with E-state index in [2.05, 4.69) is 15.5 Å². The number of hydrogen-bond donors (Lipinski definition) is 1. The molecule has 9 heteroatoms. The van der Waals surface area contributed by atoms with Crippen LogP contribution < -0.4 is 10.1 Å². The lowest BCUT2D eigenvalue weighted by Gasteiger charge is -2.35. The number of aromatic nitrogens is 2. The number of carbonyl (C=O) groups is 1. The Kier molecular flexibility index (Phi) is 6.20. The Hall–Kier alpha value is -4.53. The van der Waals surface area contributed by atoms with Gasteiger partial charge in [0.25, 0.3) is 5.89 Å². The van der Waals surface area contributed by atoms with Gasteiger partial charge in [-0.05, 0) is 48.4 Å². The molecule has 1 N–H and O–H groups in total. The zero-order chi connectivity index (χ0) is 25.2. The van der Waals surface area contributed by atoms with Crippen molar-refractivity contribution in [3.8, 4) is 17.1 Å². The Bertz CT molecular complexity index is 1450. The molecule has 2 heterocycles. The number of nitrogens with zero attached hydrogens (tertiary/aromatic N) is 3. The second-order valence-electron chi connectivity index (χ2n) is 8.28. The van der Waals surface area contributed by atoms with Crippen LogP contribution in [0.15, 0.2) is 83.0 Å². The van der Waals surface area contributed by atoms with Crippen LogP contribution in [-0.2, 0) is 6.54 Å². The Morgan fingerprint density at radius 1 is 1.06 bits per heavy atom. The van der Waals surface area contributed by atoms with Gasteiger partial charge in [0.1, 0.15) is 5.82 Å². The smallest absolute Gasteiger partial charge is 0.322 e. The minimum atomic E-state index is -0.735. The molecule has 7 nitrogen and oxygen atoms in total. The van der Waals surface area contributed by atoms with Crippen molar-refractivity contribution in [2.45, 2.75) is 19.5 Å². The number of urea groups is 1. The first-order valence-electron chi connectivity index (χ1n) is 11.2. The van der Waals surface area contributed by atoms with Crippen LogP contribution in [0.1, 0.15) is 30.0 Å². The first-order chi connectivity index (χ1) is 17.4. The van der Waals surface area contributed by atoms with E-state index in [1.165, 1.54) is 31.4 Å². The molecule has 1 aliphatic heterocycles. The summed E-state index contributed by atoms with van der Waals surface area (Å²) in [6.45, 7) is 2.09. The molecule has 0 saturated heterocycles. The third kappa shape index (κ3) is 4.43. The van der Waals surface area contributed by atoms with Gasteiger partial charge in [0.2, 0.25) is 5.82 Å². The summed E-state index contributed by atoms with van der Waals surface area (Å²) in [6, 6.07) is 18.8. The van der Waals surface area contributed by atoms with Crippen LogP contribution in [0.3, 0.4) is 0 Å². The number of methoxy groups -OCH3 is 1. The normalized spacial score (nSPS) is 15.7. The van der Waals surface area contributed by atoms with E-state index in [0.717, 1.165) is 5.56 Å². The summed E-state index contributed by atoms with van der Waals surface area (Å²) in [5.74, 6) is -0.611. The van der Waals surface area contributed by atoms with Crippen LogP contribution in [-0.4, -0.2) is 28.2 Å². The average Bonchev–Trinajstić information content (AvgIpc) is 3.36. The van der Waals surface area contributed by atoms with Crippen molar-refractivity contribution in [3.05, 3.63) is 107 Å². The summed E-state index contributed by atoms with van der Waals surface area (Å²) < 4.78 is 38.9. The predicted molar refractivity (Wildman–Crippen MR) is 128 cm³/mol. The molecule has 182 valence electrons. The van der Waals surface area contributed by atoms with Gasteiger partial charge in [0.05, 0.1) is 25.3 Å². The third-order valence-electron chi connectivity index (χ3n) is 6.03. The van der Waals surface area contributed by atoms with E-state index in [4.69, 9.17) is 9.26 Å². The average molecular weight is 488 g/mol. The van der Waals surface area contributed by atoms with Crippen LogP contribution in [0.4, 0.5) is 13.6 Å². The van der Waals surface area contributed by atoms with Crippen molar-refractivity contribution >= 4 is 11.6 Å². The first-order valence-corrected chi connectivity index (χ1v) is 11.2. The number of rotatable bonds is 6. The van der Waals surface area contributed by atoms with E-state index < -0.39 is 17.7 Å². The standard InChI is InChI=1S/C27H22F2N4O3/c1-16-23(26-31-25(32-36-26)19-11-12-22(35-2)21(29)14-19)24(18-9-6-10-20(28)13-18)30-27(34)33(16)15-17-7-4-3-5-8-17/h3-14,24H,15H2,1-2H3,(H,30,34). The molecular weight excluding hydrogens is 466 g/mol. The van der Waals surface area contributed by atoms with E-state index in [1.807, 2.05) is 30.3 Å². The lowest BCUT2D eigenvalue weighted by molar-refractivity contribution is 0.203. The summed E-state index contributed by atoms with van der Waals surface area (Å²) in [4.78, 5) is 19.2. The Labute approximate surface area is 206 Å². The number of carbonyl (C=O) groups excluding carboxylic acids is 1. The highest BCUT2D eigenvalue weighted by molar-refractivity contribution is 5.86. The Morgan fingerprint density at radius 2 is 1.86 bits per heavy atom. The predicted octanol–water partition coefficient (Wildman–Crippen LogP) is 5.72. The molecular formula is C27H22F2N4O3. The highest BCUT2D eigenvalue weighted by atomic mass is 19.1. The first kappa shape index (κ1) is 23.2. The zero-order valence-corrected chi connectivity index (χ0v) is 19.5. The van der Waals surface area contributed by atoms with Crippen LogP contribution in [0.5, 0.6) is 5.75 Å². The van der Waals surface area contributed by atoms with Crippen molar-refractivity contribution < 1.29 is 22.8 Å². The zero-order valence-electron chi connectivity index (χ0n) is 19.5. The molecule has 0 radical (unpaired) electrons. The number of ether oxygens (including phenoxy) is 1. The molecule has 3 aromatic carbocycles. The molecule has 0 aliphatic carbocycles. The number of amides is 2. The lowest BCUT2D eigenvalue weighted by Crippen LogP contribution is -2.45. The maximum Gasteiger partial charge on any atom is 0.322 e. The number of nitrogens with one attached hydrogen (secondary N) is 1. The van der Waals surface area contributed by atoms with E-state index in [-0.39, 0.29) is 23.5 Å². The fraction of sp³-hybridized carbons (Fsp3) is 0.148. The topological polar surface area (TPSA) is 80.5 Å². The van der Waals surface area contributed by atoms with Gasteiger partial charge in [-0.2, -0.15) is 4.98 Å². The second-order valence-corrected chi connectivity index (χ2v) is 8.28. The minimum absolute atomic E-state index is 0.0961. The van der Waals surface area contributed by atoms with Crippen molar-refractivity contribution in [2.75, 3.05) is 7.11 Å². The van der Waals surface area contributed by atoms with Gasteiger partial charge in [-0.25, -0.2) is 13.6 Å². The fourth-order valence-electron chi connectivity index (χ4n) is 4.21. The van der Waals surface area contributed by atoms with Gasteiger partial charge in [-0.15, -0.1) is 0 Å². The lowest BCUT2D eigenvalue weighted by atomic mass is 9.94. The molecule has 0 bridgehead atoms. The number of benzene rings is 3.